The Kier molecular flexibility index (Phi) is 6.69. The summed E-state index contributed by atoms with van der Waals surface area (Å²) in [5.41, 5.74) is 0.893. The van der Waals surface area contributed by atoms with Gasteiger partial charge in [0.1, 0.15) is 6.61 Å². The van der Waals surface area contributed by atoms with Crippen LogP contribution in [0.25, 0.3) is 0 Å². The smallest absolute Gasteiger partial charge is 0.287 e. The summed E-state index contributed by atoms with van der Waals surface area (Å²) in [5, 5.41) is 2.88. The van der Waals surface area contributed by atoms with E-state index in [-0.39, 0.29) is 17.7 Å². The second kappa shape index (κ2) is 8.75. The number of rotatable bonds is 8. The van der Waals surface area contributed by atoms with Crippen LogP contribution in [0.2, 0.25) is 0 Å². The Morgan fingerprint density at radius 2 is 2.00 bits per heavy atom. The highest BCUT2D eigenvalue weighted by molar-refractivity contribution is 9.10. The van der Waals surface area contributed by atoms with Gasteiger partial charge in [-0.15, -0.1) is 0 Å². The lowest BCUT2D eigenvalue weighted by molar-refractivity contribution is 0.0910. The van der Waals surface area contributed by atoms with E-state index in [1.165, 1.54) is 0 Å². The van der Waals surface area contributed by atoms with Gasteiger partial charge < -0.3 is 23.9 Å². The first-order valence-corrected chi connectivity index (χ1v) is 8.20. The van der Waals surface area contributed by atoms with Crippen molar-refractivity contribution in [1.29, 1.82) is 0 Å². The van der Waals surface area contributed by atoms with Crippen LogP contribution in [-0.2, 0) is 4.74 Å². The first kappa shape index (κ1) is 18.4. The molecule has 0 aliphatic heterocycles. The summed E-state index contributed by atoms with van der Waals surface area (Å²) in [6.07, 6.45) is 0. The number of hydrogen-bond acceptors (Lipinski definition) is 5. The van der Waals surface area contributed by atoms with Gasteiger partial charge in [-0.3, -0.25) is 4.79 Å². The maximum atomic E-state index is 12.1. The molecule has 6 nitrogen and oxygen atoms in total. The van der Waals surface area contributed by atoms with Gasteiger partial charge in [0, 0.05) is 7.11 Å². The first-order chi connectivity index (χ1) is 11.5. The van der Waals surface area contributed by atoms with Gasteiger partial charge in [0.25, 0.3) is 5.91 Å². The van der Waals surface area contributed by atoms with Crippen LogP contribution < -0.4 is 14.8 Å². The molecule has 1 atom stereocenters. The zero-order valence-corrected chi connectivity index (χ0v) is 15.4. The second-order valence-electron chi connectivity index (χ2n) is 5.05. The molecule has 2 rings (SSSR count). The fourth-order valence-electron chi connectivity index (χ4n) is 2.10. The number of nitrogens with one attached hydrogen (secondary N) is 1. The van der Waals surface area contributed by atoms with E-state index in [1.807, 2.05) is 25.1 Å². The fourth-order valence-corrected chi connectivity index (χ4v) is 2.40. The van der Waals surface area contributed by atoms with Crippen LogP contribution in [0.3, 0.4) is 0 Å². The van der Waals surface area contributed by atoms with Crippen LogP contribution >= 0.6 is 15.9 Å². The Morgan fingerprint density at radius 3 is 2.62 bits per heavy atom. The van der Waals surface area contributed by atoms with Crippen molar-refractivity contribution in [1.82, 2.24) is 5.32 Å². The maximum Gasteiger partial charge on any atom is 0.287 e. The summed E-state index contributed by atoms with van der Waals surface area (Å²) in [6.45, 7) is 2.82. The number of methoxy groups -OCH3 is 2. The molecule has 1 heterocycles. The average molecular weight is 398 g/mol. The molecule has 7 heteroatoms. The number of ether oxygens (including phenoxy) is 3. The number of carbonyl (C=O) groups is 1. The predicted molar refractivity (Wildman–Crippen MR) is 92.7 cm³/mol. The third-order valence-electron chi connectivity index (χ3n) is 3.38. The lowest BCUT2D eigenvalue weighted by Crippen LogP contribution is -2.26. The Balaban J connectivity index is 2.06. The molecule has 130 valence electrons. The topological polar surface area (TPSA) is 69.9 Å². The van der Waals surface area contributed by atoms with E-state index in [1.54, 1.807) is 26.4 Å². The van der Waals surface area contributed by atoms with E-state index in [4.69, 9.17) is 18.6 Å². The van der Waals surface area contributed by atoms with Crippen molar-refractivity contribution in [3.63, 3.8) is 0 Å². The van der Waals surface area contributed by atoms with Crippen molar-refractivity contribution in [3.8, 4) is 11.5 Å². The molecule has 0 aliphatic carbocycles. The molecule has 0 bridgehead atoms. The minimum Gasteiger partial charge on any atom is -0.493 e. The van der Waals surface area contributed by atoms with Crippen LogP contribution in [0.5, 0.6) is 11.5 Å². The standard InChI is InChI=1S/C17H20BrNO5/c1-11(19-17(20)14-6-7-16(18)24-14)12-4-5-13(15(10-12)22-3)23-9-8-21-2/h4-7,10-11H,8-9H2,1-3H3,(H,19,20). The van der Waals surface area contributed by atoms with Crippen LogP contribution in [-0.4, -0.2) is 33.3 Å². The number of furan rings is 1. The van der Waals surface area contributed by atoms with E-state index in [2.05, 4.69) is 21.2 Å². The highest BCUT2D eigenvalue weighted by atomic mass is 79.9. The molecule has 0 fully saturated rings. The van der Waals surface area contributed by atoms with Gasteiger partial charge in [0.2, 0.25) is 0 Å². The Labute approximate surface area is 149 Å². The van der Waals surface area contributed by atoms with Crippen molar-refractivity contribution >= 4 is 21.8 Å². The molecule has 1 N–H and O–H groups in total. The maximum absolute atomic E-state index is 12.1. The number of amides is 1. The van der Waals surface area contributed by atoms with E-state index >= 15 is 0 Å². The molecule has 1 aromatic carbocycles. The zero-order valence-electron chi connectivity index (χ0n) is 13.8. The van der Waals surface area contributed by atoms with Crippen molar-refractivity contribution in [2.75, 3.05) is 27.4 Å². The summed E-state index contributed by atoms with van der Waals surface area (Å²) in [7, 11) is 3.19. The monoisotopic (exact) mass is 397 g/mol. The molecule has 0 spiro atoms. The Hall–Kier alpha value is -1.99. The summed E-state index contributed by atoms with van der Waals surface area (Å²) >= 11 is 3.18. The highest BCUT2D eigenvalue weighted by Crippen LogP contribution is 2.30. The van der Waals surface area contributed by atoms with E-state index < -0.39 is 0 Å². The quantitative estimate of drug-likeness (QED) is 0.689. The van der Waals surface area contributed by atoms with Gasteiger partial charge in [0.05, 0.1) is 19.8 Å². The van der Waals surface area contributed by atoms with Gasteiger partial charge in [-0.25, -0.2) is 0 Å². The van der Waals surface area contributed by atoms with Gasteiger partial charge >= 0.3 is 0 Å². The normalized spacial score (nSPS) is 11.8. The van der Waals surface area contributed by atoms with Crippen molar-refractivity contribution in [2.24, 2.45) is 0 Å². The van der Waals surface area contributed by atoms with Crippen LogP contribution in [0, 0.1) is 0 Å². The molecule has 0 radical (unpaired) electrons. The molecule has 1 unspecified atom stereocenters. The van der Waals surface area contributed by atoms with Crippen molar-refractivity contribution < 1.29 is 23.4 Å². The Morgan fingerprint density at radius 1 is 1.21 bits per heavy atom. The third kappa shape index (κ3) is 4.75. The summed E-state index contributed by atoms with van der Waals surface area (Å²) in [4.78, 5) is 12.1. The van der Waals surface area contributed by atoms with Crippen molar-refractivity contribution in [2.45, 2.75) is 13.0 Å². The number of carbonyl (C=O) groups excluding carboxylic acids is 1. The van der Waals surface area contributed by atoms with E-state index in [9.17, 15) is 4.79 Å². The molecule has 1 amide bonds. The SMILES string of the molecule is COCCOc1ccc(C(C)NC(=O)c2ccc(Br)o2)cc1OC. The number of halogens is 1. The molecule has 0 saturated carbocycles. The Bertz CT molecular complexity index is 685. The summed E-state index contributed by atoms with van der Waals surface area (Å²) in [5.74, 6) is 1.20. The fraction of sp³-hybridized carbons (Fsp3) is 0.353. The lowest BCUT2D eigenvalue weighted by Gasteiger charge is -2.16. The lowest BCUT2D eigenvalue weighted by atomic mass is 10.1. The van der Waals surface area contributed by atoms with Crippen LogP contribution in [0.1, 0.15) is 29.1 Å². The van der Waals surface area contributed by atoms with Gasteiger partial charge in [-0.2, -0.15) is 0 Å². The number of hydrogen-bond donors (Lipinski definition) is 1. The molecule has 0 aliphatic rings. The first-order valence-electron chi connectivity index (χ1n) is 7.41. The van der Waals surface area contributed by atoms with Gasteiger partial charge in [0.15, 0.2) is 21.9 Å². The second-order valence-corrected chi connectivity index (χ2v) is 5.83. The van der Waals surface area contributed by atoms with E-state index in [0.717, 1.165) is 5.56 Å². The summed E-state index contributed by atoms with van der Waals surface area (Å²) in [6, 6.07) is 8.60. The van der Waals surface area contributed by atoms with Crippen molar-refractivity contribution in [3.05, 3.63) is 46.3 Å². The minimum absolute atomic E-state index is 0.219. The zero-order chi connectivity index (χ0) is 17.5. The molecule has 1 aromatic heterocycles. The molecule has 0 saturated heterocycles. The highest BCUT2D eigenvalue weighted by Gasteiger charge is 2.16. The third-order valence-corrected chi connectivity index (χ3v) is 3.80. The van der Waals surface area contributed by atoms with Crippen LogP contribution in [0.15, 0.2) is 39.4 Å². The molecular weight excluding hydrogens is 378 g/mol. The van der Waals surface area contributed by atoms with Gasteiger partial charge in [-0.05, 0) is 52.7 Å². The largest absolute Gasteiger partial charge is 0.493 e. The molecule has 24 heavy (non-hydrogen) atoms. The molecular formula is C17H20BrNO5. The molecule has 2 aromatic rings. The minimum atomic E-state index is -0.285. The predicted octanol–water partition coefficient (Wildman–Crippen LogP) is 3.57. The summed E-state index contributed by atoms with van der Waals surface area (Å²) < 4.78 is 21.7. The average Bonchev–Trinajstić information content (AvgIpc) is 3.01. The number of benzene rings is 1. The van der Waals surface area contributed by atoms with Gasteiger partial charge in [-0.1, -0.05) is 6.07 Å². The van der Waals surface area contributed by atoms with E-state index in [0.29, 0.717) is 29.4 Å². The van der Waals surface area contributed by atoms with Crippen LogP contribution in [0.4, 0.5) is 0 Å².